The lowest BCUT2D eigenvalue weighted by Gasteiger charge is -2.06. The SMILES string of the molecule is CCCCNCCNCCCCCCCCN. The summed E-state index contributed by atoms with van der Waals surface area (Å²) in [4.78, 5) is 0. The molecule has 0 saturated heterocycles. The van der Waals surface area contributed by atoms with Crippen LogP contribution in [0, 0.1) is 0 Å². The average Bonchev–Trinajstić information content (AvgIpc) is 2.35. The van der Waals surface area contributed by atoms with Crippen molar-refractivity contribution in [1.29, 1.82) is 0 Å². The highest BCUT2D eigenvalue weighted by Gasteiger charge is 1.91. The molecule has 0 fully saturated rings. The fraction of sp³-hybridized carbons (Fsp3) is 1.00. The van der Waals surface area contributed by atoms with Gasteiger partial charge in [0.15, 0.2) is 0 Å². The van der Waals surface area contributed by atoms with Gasteiger partial charge in [0.2, 0.25) is 0 Å². The Balaban J connectivity index is 2.85. The quantitative estimate of drug-likeness (QED) is 0.410. The Morgan fingerprint density at radius 3 is 1.76 bits per heavy atom. The maximum absolute atomic E-state index is 5.45. The highest BCUT2D eigenvalue weighted by Crippen LogP contribution is 2.03. The first-order valence-electron chi connectivity index (χ1n) is 7.53. The molecule has 0 aromatic rings. The Hall–Kier alpha value is -0.120. The van der Waals surface area contributed by atoms with E-state index in [1.807, 2.05) is 0 Å². The minimum atomic E-state index is 0.854. The molecular formula is C14H33N3. The third-order valence-electron chi connectivity index (χ3n) is 2.99. The summed E-state index contributed by atoms with van der Waals surface area (Å²) in [5.41, 5.74) is 5.45. The van der Waals surface area contributed by atoms with Gasteiger partial charge in [-0.25, -0.2) is 0 Å². The molecule has 3 nitrogen and oxygen atoms in total. The Morgan fingerprint density at radius 1 is 0.647 bits per heavy atom. The fourth-order valence-corrected chi connectivity index (χ4v) is 1.83. The first kappa shape index (κ1) is 16.9. The Morgan fingerprint density at radius 2 is 1.18 bits per heavy atom. The summed E-state index contributed by atoms with van der Waals surface area (Å²) in [5, 5.41) is 6.92. The second-order valence-corrected chi connectivity index (χ2v) is 4.76. The van der Waals surface area contributed by atoms with Gasteiger partial charge < -0.3 is 16.4 Å². The zero-order valence-corrected chi connectivity index (χ0v) is 11.8. The molecule has 0 aliphatic heterocycles. The smallest absolute Gasteiger partial charge is 0.00767 e. The molecule has 104 valence electrons. The number of hydrogen-bond acceptors (Lipinski definition) is 3. The van der Waals surface area contributed by atoms with Gasteiger partial charge in [0.25, 0.3) is 0 Å². The van der Waals surface area contributed by atoms with E-state index in [9.17, 15) is 0 Å². The predicted molar refractivity (Wildman–Crippen MR) is 77.4 cm³/mol. The van der Waals surface area contributed by atoms with Crippen LogP contribution in [0.25, 0.3) is 0 Å². The number of nitrogens with two attached hydrogens (primary N) is 1. The topological polar surface area (TPSA) is 50.1 Å². The van der Waals surface area contributed by atoms with Gasteiger partial charge in [-0.15, -0.1) is 0 Å². The molecule has 0 heterocycles. The molecule has 4 N–H and O–H groups in total. The molecule has 0 aromatic heterocycles. The van der Waals surface area contributed by atoms with Crippen LogP contribution >= 0.6 is 0 Å². The monoisotopic (exact) mass is 243 g/mol. The van der Waals surface area contributed by atoms with Gasteiger partial charge in [0, 0.05) is 13.1 Å². The van der Waals surface area contributed by atoms with Gasteiger partial charge >= 0.3 is 0 Å². The van der Waals surface area contributed by atoms with Crippen LogP contribution in [0.5, 0.6) is 0 Å². The zero-order chi connectivity index (χ0) is 12.6. The summed E-state index contributed by atoms with van der Waals surface area (Å²) >= 11 is 0. The van der Waals surface area contributed by atoms with E-state index in [4.69, 9.17) is 5.73 Å². The summed E-state index contributed by atoms with van der Waals surface area (Å²) in [5.74, 6) is 0. The second kappa shape index (κ2) is 15.9. The van der Waals surface area contributed by atoms with Crippen molar-refractivity contribution in [2.24, 2.45) is 5.73 Å². The van der Waals surface area contributed by atoms with Crippen LogP contribution in [0.15, 0.2) is 0 Å². The van der Waals surface area contributed by atoms with Crippen molar-refractivity contribution in [3.05, 3.63) is 0 Å². The first-order chi connectivity index (χ1) is 8.41. The minimum absolute atomic E-state index is 0.854. The largest absolute Gasteiger partial charge is 0.330 e. The summed E-state index contributed by atoms with van der Waals surface area (Å²) in [6, 6.07) is 0. The van der Waals surface area contributed by atoms with Crippen molar-refractivity contribution >= 4 is 0 Å². The van der Waals surface area contributed by atoms with Crippen LogP contribution in [0.1, 0.15) is 58.3 Å². The van der Waals surface area contributed by atoms with Crippen LogP contribution < -0.4 is 16.4 Å². The fourth-order valence-electron chi connectivity index (χ4n) is 1.83. The lowest BCUT2D eigenvalue weighted by Crippen LogP contribution is -2.28. The molecule has 0 rings (SSSR count). The van der Waals surface area contributed by atoms with E-state index in [1.54, 1.807) is 0 Å². The summed E-state index contributed by atoms with van der Waals surface area (Å²) in [6.45, 7) is 7.64. The molecule has 17 heavy (non-hydrogen) atoms. The van der Waals surface area contributed by atoms with Crippen molar-refractivity contribution in [3.63, 3.8) is 0 Å². The number of hydrogen-bond donors (Lipinski definition) is 3. The van der Waals surface area contributed by atoms with Crippen molar-refractivity contribution < 1.29 is 0 Å². The molecule has 0 aliphatic rings. The average molecular weight is 243 g/mol. The Labute approximate surface area is 108 Å². The van der Waals surface area contributed by atoms with Crippen LogP contribution in [-0.2, 0) is 0 Å². The highest BCUT2D eigenvalue weighted by molar-refractivity contribution is 4.53. The number of unbranched alkanes of at least 4 members (excludes halogenated alkanes) is 6. The van der Waals surface area contributed by atoms with Gasteiger partial charge in [-0.3, -0.25) is 0 Å². The van der Waals surface area contributed by atoms with Gasteiger partial charge in [-0.1, -0.05) is 39.0 Å². The normalized spacial score (nSPS) is 10.9. The number of rotatable bonds is 14. The van der Waals surface area contributed by atoms with E-state index < -0.39 is 0 Å². The second-order valence-electron chi connectivity index (χ2n) is 4.76. The summed E-state index contributed by atoms with van der Waals surface area (Å²) in [6.07, 6.45) is 10.5. The first-order valence-corrected chi connectivity index (χ1v) is 7.53. The van der Waals surface area contributed by atoms with Crippen LogP contribution in [0.3, 0.4) is 0 Å². The van der Waals surface area contributed by atoms with E-state index in [2.05, 4.69) is 17.6 Å². The van der Waals surface area contributed by atoms with E-state index in [-0.39, 0.29) is 0 Å². The van der Waals surface area contributed by atoms with Crippen molar-refractivity contribution in [1.82, 2.24) is 10.6 Å². The predicted octanol–water partition coefficient (Wildman–Crippen LogP) is 2.26. The lowest BCUT2D eigenvalue weighted by molar-refractivity contribution is 0.550. The standard InChI is InChI=1S/C14H33N3/c1-2-3-11-16-13-14-17-12-9-7-5-4-6-8-10-15/h16-17H,2-15H2,1H3. The third kappa shape index (κ3) is 15.9. The van der Waals surface area contributed by atoms with Crippen LogP contribution in [-0.4, -0.2) is 32.7 Å². The molecule has 0 aromatic carbocycles. The maximum Gasteiger partial charge on any atom is 0.00767 e. The molecule has 0 bridgehead atoms. The Bertz CT molecular complexity index is 115. The molecule has 0 spiro atoms. The van der Waals surface area contributed by atoms with Gasteiger partial charge in [0.05, 0.1) is 0 Å². The summed E-state index contributed by atoms with van der Waals surface area (Å²) < 4.78 is 0. The molecule has 0 radical (unpaired) electrons. The lowest BCUT2D eigenvalue weighted by atomic mass is 10.1. The van der Waals surface area contributed by atoms with E-state index in [0.29, 0.717) is 0 Å². The molecule has 0 unspecified atom stereocenters. The van der Waals surface area contributed by atoms with Crippen molar-refractivity contribution in [2.45, 2.75) is 58.3 Å². The van der Waals surface area contributed by atoms with Gasteiger partial charge in [-0.05, 0) is 38.9 Å². The van der Waals surface area contributed by atoms with Crippen LogP contribution in [0.2, 0.25) is 0 Å². The minimum Gasteiger partial charge on any atom is -0.330 e. The zero-order valence-electron chi connectivity index (χ0n) is 11.8. The number of nitrogens with one attached hydrogen (secondary N) is 2. The highest BCUT2D eigenvalue weighted by atomic mass is 14.9. The Kier molecular flexibility index (Phi) is 15.8. The molecule has 3 heteroatoms. The van der Waals surface area contributed by atoms with E-state index >= 15 is 0 Å². The maximum atomic E-state index is 5.45. The van der Waals surface area contributed by atoms with E-state index in [1.165, 1.54) is 64.5 Å². The third-order valence-corrected chi connectivity index (χ3v) is 2.99. The van der Waals surface area contributed by atoms with Gasteiger partial charge in [0.1, 0.15) is 0 Å². The summed E-state index contributed by atoms with van der Waals surface area (Å²) in [7, 11) is 0. The molecule has 0 aliphatic carbocycles. The molecule has 0 atom stereocenters. The van der Waals surface area contributed by atoms with E-state index in [0.717, 1.165) is 19.6 Å². The molecule has 0 saturated carbocycles. The van der Waals surface area contributed by atoms with Crippen molar-refractivity contribution in [3.8, 4) is 0 Å². The van der Waals surface area contributed by atoms with Crippen LogP contribution in [0.4, 0.5) is 0 Å². The van der Waals surface area contributed by atoms with Gasteiger partial charge in [-0.2, -0.15) is 0 Å². The van der Waals surface area contributed by atoms with Crippen molar-refractivity contribution in [2.75, 3.05) is 32.7 Å². The molecule has 0 amide bonds. The molecular weight excluding hydrogens is 210 g/mol.